The topological polar surface area (TPSA) is 0 Å². The van der Waals surface area contributed by atoms with Gasteiger partial charge in [0.1, 0.15) is 0 Å². The molecule has 0 saturated heterocycles. The van der Waals surface area contributed by atoms with Gasteiger partial charge in [-0.15, -0.1) is 0 Å². The summed E-state index contributed by atoms with van der Waals surface area (Å²) in [6.45, 7) is 25.1. The highest BCUT2D eigenvalue weighted by molar-refractivity contribution is 6.05. The minimum absolute atomic E-state index is 0.147. The first-order valence-corrected chi connectivity index (χ1v) is 12.3. The van der Waals surface area contributed by atoms with E-state index in [2.05, 4.69) is 88.4 Å². The number of benzene rings is 4. The van der Waals surface area contributed by atoms with E-state index >= 15 is 0 Å². The molecule has 0 amide bonds. The number of fused-ring (bicyclic) bond motifs is 3. The molecular weight excluding hydrogens is 372 g/mol. The van der Waals surface area contributed by atoms with Crippen molar-refractivity contribution in [3.05, 3.63) is 71.8 Å². The Morgan fingerprint density at radius 2 is 0.903 bits per heavy atom. The van der Waals surface area contributed by atoms with Crippen molar-refractivity contribution in [3.8, 4) is 0 Å². The molecule has 31 heavy (non-hydrogen) atoms. The highest BCUT2D eigenvalue weighted by Gasteiger charge is 2.19. The zero-order valence-corrected chi connectivity index (χ0v) is 22.3. The first kappa shape index (κ1) is 28.7. The molecule has 0 unspecified atom stereocenters. The maximum Gasteiger partial charge on any atom is -0.0123 e. The minimum Gasteiger partial charge on any atom is -0.0683 e. The van der Waals surface area contributed by atoms with Gasteiger partial charge in [-0.2, -0.15) is 0 Å². The molecule has 4 aromatic carbocycles. The quantitative estimate of drug-likeness (QED) is 0.249. The molecule has 0 atom stereocenters. The van der Waals surface area contributed by atoms with E-state index in [-0.39, 0.29) is 5.41 Å². The molecule has 0 N–H and O–H groups in total. The Morgan fingerprint density at radius 3 is 1.35 bits per heavy atom. The third-order valence-corrected chi connectivity index (χ3v) is 4.80. The van der Waals surface area contributed by atoms with Gasteiger partial charge in [0.25, 0.3) is 0 Å². The summed E-state index contributed by atoms with van der Waals surface area (Å²) in [5.74, 6) is 0. The zero-order valence-electron chi connectivity index (χ0n) is 22.3. The lowest BCUT2D eigenvalue weighted by atomic mass is 9.80. The predicted molar refractivity (Wildman–Crippen MR) is 148 cm³/mol. The smallest absolute Gasteiger partial charge is 0.0123 e. The molecule has 0 aliphatic rings. The Labute approximate surface area is 192 Å². The van der Waals surface area contributed by atoms with E-state index in [4.69, 9.17) is 0 Å². The molecule has 0 bridgehead atoms. The van der Waals surface area contributed by atoms with Crippen LogP contribution in [0.2, 0.25) is 0 Å². The molecule has 0 saturated carbocycles. The molecule has 0 aliphatic carbocycles. The maximum absolute atomic E-state index is 2.38. The normalized spacial score (nSPS) is 9.94. The number of rotatable bonds is 0. The third kappa shape index (κ3) is 6.82. The molecule has 0 aliphatic heterocycles. The highest BCUT2D eigenvalue weighted by Crippen LogP contribution is 2.36. The Morgan fingerprint density at radius 1 is 0.484 bits per heavy atom. The minimum atomic E-state index is 0.147. The highest BCUT2D eigenvalue weighted by atomic mass is 14.2. The first-order valence-electron chi connectivity index (χ1n) is 12.3. The van der Waals surface area contributed by atoms with E-state index in [1.807, 2.05) is 55.4 Å². The summed E-state index contributed by atoms with van der Waals surface area (Å²) >= 11 is 0. The van der Waals surface area contributed by atoms with Gasteiger partial charge in [-0.05, 0) is 80.0 Å². The molecule has 170 valence electrons. The number of hydrogen-bond acceptors (Lipinski definition) is 0. The predicted octanol–water partition coefficient (Wildman–Crippen LogP) is 10.9. The van der Waals surface area contributed by atoms with E-state index < -0.39 is 0 Å². The van der Waals surface area contributed by atoms with Gasteiger partial charge >= 0.3 is 0 Å². The van der Waals surface area contributed by atoms with Gasteiger partial charge in [0.05, 0.1) is 0 Å². The van der Waals surface area contributed by atoms with Crippen LogP contribution in [0.3, 0.4) is 0 Å². The zero-order chi connectivity index (χ0) is 24.2. The molecule has 0 aromatic heterocycles. The second kappa shape index (κ2) is 13.9. The second-order valence-electron chi connectivity index (χ2n) is 7.63. The fourth-order valence-corrected chi connectivity index (χ4v) is 3.87. The van der Waals surface area contributed by atoms with Crippen LogP contribution >= 0.6 is 0 Å². The van der Waals surface area contributed by atoms with Crippen LogP contribution in [-0.2, 0) is 5.41 Å². The second-order valence-corrected chi connectivity index (χ2v) is 7.63. The largest absolute Gasteiger partial charge is 0.0683 e. The van der Waals surface area contributed by atoms with Crippen LogP contribution in [0.25, 0.3) is 32.3 Å². The summed E-state index contributed by atoms with van der Waals surface area (Å²) in [7, 11) is 0. The summed E-state index contributed by atoms with van der Waals surface area (Å²) in [4.78, 5) is 0. The van der Waals surface area contributed by atoms with Gasteiger partial charge in [0, 0.05) is 0 Å². The molecule has 0 radical (unpaired) electrons. The van der Waals surface area contributed by atoms with E-state index in [9.17, 15) is 0 Å². The monoisotopic (exact) mass is 418 g/mol. The summed E-state index contributed by atoms with van der Waals surface area (Å²) in [6.07, 6.45) is 0. The van der Waals surface area contributed by atoms with E-state index in [1.54, 1.807) is 0 Å². The molecule has 0 heteroatoms. The van der Waals surface area contributed by atoms with E-state index in [0.29, 0.717) is 0 Å². The van der Waals surface area contributed by atoms with Gasteiger partial charge in [-0.3, -0.25) is 0 Å². The van der Waals surface area contributed by atoms with Gasteiger partial charge in [-0.25, -0.2) is 0 Å². The molecular formula is C31H46. The van der Waals surface area contributed by atoms with Crippen LogP contribution in [-0.4, -0.2) is 0 Å². The van der Waals surface area contributed by atoms with Crippen LogP contribution in [0, 0.1) is 6.92 Å². The SMILES string of the molecule is CC.CC.CC.CC.Cc1ccc2cc3cc4ccccc4cc3cc2c1C(C)(C)C. The average Bonchev–Trinajstić information content (AvgIpc) is 2.81. The van der Waals surface area contributed by atoms with Crippen molar-refractivity contribution in [1.29, 1.82) is 0 Å². The van der Waals surface area contributed by atoms with Crippen molar-refractivity contribution in [2.75, 3.05) is 0 Å². The fourth-order valence-electron chi connectivity index (χ4n) is 3.87. The Hall–Kier alpha value is -2.34. The third-order valence-electron chi connectivity index (χ3n) is 4.80. The van der Waals surface area contributed by atoms with E-state index in [0.717, 1.165) is 0 Å². The Kier molecular flexibility index (Phi) is 12.8. The lowest BCUT2D eigenvalue weighted by Crippen LogP contribution is -2.13. The first-order chi connectivity index (χ1) is 14.9. The summed E-state index contributed by atoms with van der Waals surface area (Å²) < 4.78 is 0. The Bertz CT molecular complexity index is 1050. The van der Waals surface area contributed by atoms with Crippen molar-refractivity contribution in [2.24, 2.45) is 0 Å². The standard InChI is InChI=1S/C23H22.4C2H6/c1-15-9-10-18-13-19-11-16-7-5-6-8-17(16)12-20(19)14-21(18)22(15)23(2,3)4;4*1-2/h5-14H,1-4H3;4*1-2H3. The summed E-state index contributed by atoms with van der Waals surface area (Å²) in [5, 5.41) is 7.99. The van der Waals surface area contributed by atoms with Gasteiger partial charge in [-0.1, -0.05) is 113 Å². The van der Waals surface area contributed by atoms with Crippen molar-refractivity contribution in [1.82, 2.24) is 0 Å². The summed E-state index contributed by atoms with van der Waals surface area (Å²) in [5.41, 5.74) is 2.99. The molecule has 4 rings (SSSR count). The lowest BCUT2D eigenvalue weighted by molar-refractivity contribution is 0.592. The number of hydrogen-bond donors (Lipinski definition) is 0. The lowest BCUT2D eigenvalue weighted by Gasteiger charge is -2.24. The van der Waals surface area contributed by atoms with Crippen LogP contribution < -0.4 is 0 Å². The van der Waals surface area contributed by atoms with Crippen molar-refractivity contribution in [3.63, 3.8) is 0 Å². The van der Waals surface area contributed by atoms with Crippen LogP contribution in [0.5, 0.6) is 0 Å². The van der Waals surface area contributed by atoms with Crippen molar-refractivity contribution in [2.45, 2.75) is 88.5 Å². The molecule has 0 heterocycles. The van der Waals surface area contributed by atoms with Gasteiger partial charge in [0.15, 0.2) is 0 Å². The summed E-state index contributed by atoms with van der Waals surface area (Å²) in [6, 6.07) is 22.5. The van der Waals surface area contributed by atoms with E-state index in [1.165, 1.54) is 43.4 Å². The Balaban J connectivity index is 0.00000102. The van der Waals surface area contributed by atoms with Crippen LogP contribution in [0.4, 0.5) is 0 Å². The van der Waals surface area contributed by atoms with Crippen molar-refractivity contribution >= 4 is 32.3 Å². The van der Waals surface area contributed by atoms with Crippen LogP contribution in [0.15, 0.2) is 60.7 Å². The molecule has 0 fully saturated rings. The average molecular weight is 419 g/mol. The van der Waals surface area contributed by atoms with Crippen LogP contribution in [0.1, 0.15) is 87.3 Å². The maximum atomic E-state index is 2.38. The van der Waals surface area contributed by atoms with Gasteiger partial charge in [0.2, 0.25) is 0 Å². The van der Waals surface area contributed by atoms with Gasteiger partial charge < -0.3 is 0 Å². The fraction of sp³-hybridized carbons (Fsp3) is 0.419. The van der Waals surface area contributed by atoms with Crippen molar-refractivity contribution < 1.29 is 0 Å². The molecule has 4 aromatic rings. The molecule has 0 nitrogen and oxygen atoms in total. The number of aryl methyl sites for hydroxylation is 1. The molecule has 0 spiro atoms.